The van der Waals surface area contributed by atoms with Gasteiger partial charge in [0.05, 0.1) is 6.54 Å². The molecule has 0 amide bonds. The fourth-order valence-electron chi connectivity index (χ4n) is 3.04. The second kappa shape index (κ2) is 5.80. The van der Waals surface area contributed by atoms with Gasteiger partial charge in [-0.25, -0.2) is 0 Å². The van der Waals surface area contributed by atoms with Crippen LogP contribution in [-0.2, 0) is 13.1 Å². The minimum Gasteiger partial charge on any atom is -0.315 e. The zero-order chi connectivity index (χ0) is 12.2. The highest BCUT2D eigenvalue weighted by molar-refractivity contribution is 4.90. The normalized spacial score (nSPS) is 22.0. The standard InChI is InChI=1S/C13H23N5/c1-2-4-12(5-3-1)14-6-7-17-8-9-18-11-15-16-13(18)10-17/h11-12,14H,1-10H2. The topological polar surface area (TPSA) is 46.0 Å². The lowest BCUT2D eigenvalue weighted by atomic mass is 9.95. The number of nitrogens with one attached hydrogen (secondary N) is 1. The fraction of sp³-hybridized carbons (Fsp3) is 0.846. The first-order chi connectivity index (χ1) is 8.92. The molecule has 0 radical (unpaired) electrons. The lowest BCUT2D eigenvalue weighted by molar-refractivity contribution is 0.211. The second-order valence-corrected chi connectivity index (χ2v) is 5.51. The molecule has 1 aromatic rings. The van der Waals surface area contributed by atoms with Gasteiger partial charge in [0.2, 0.25) is 0 Å². The molecule has 5 heteroatoms. The van der Waals surface area contributed by atoms with Gasteiger partial charge >= 0.3 is 0 Å². The highest BCUT2D eigenvalue weighted by atomic mass is 15.3. The van der Waals surface area contributed by atoms with Crippen molar-refractivity contribution in [2.24, 2.45) is 0 Å². The van der Waals surface area contributed by atoms with Gasteiger partial charge in [0, 0.05) is 32.2 Å². The molecule has 0 bridgehead atoms. The van der Waals surface area contributed by atoms with Crippen molar-refractivity contribution in [2.45, 2.75) is 51.2 Å². The molecule has 18 heavy (non-hydrogen) atoms. The zero-order valence-corrected chi connectivity index (χ0v) is 11.0. The van der Waals surface area contributed by atoms with Gasteiger partial charge in [0.1, 0.15) is 12.2 Å². The lowest BCUT2D eigenvalue weighted by Gasteiger charge is -2.28. The Bertz CT molecular complexity index is 369. The van der Waals surface area contributed by atoms with E-state index in [4.69, 9.17) is 0 Å². The van der Waals surface area contributed by atoms with Gasteiger partial charge in [0.25, 0.3) is 0 Å². The maximum Gasteiger partial charge on any atom is 0.147 e. The summed E-state index contributed by atoms with van der Waals surface area (Å²) < 4.78 is 2.16. The molecule has 2 heterocycles. The molecule has 1 N–H and O–H groups in total. The molecule has 0 unspecified atom stereocenters. The molecule has 0 spiro atoms. The smallest absolute Gasteiger partial charge is 0.147 e. The van der Waals surface area contributed by atoms with E-state index in [-0.39, 0.29) is 0 Å². The highest BCUT2D eigenvalue weighted by Crippen LogP contribution is 2.17. The number of hydrogen-bond donors (Lipinski definition) is 1. The molecule has 3 rings (SSSR count). The molecule has 5 nitrogen and oxygen atoms in total. The van der Waals surface area contributed by atoms with E-state index in [0.717, 1.165) is 44.6 Å². The van der Waals surface area contributed by atoms with Crippen molar-refractivity contribution in [1.82, 2.24) is 25.0 Å². The van der Waals surface area contributed by atoms with E-state index >= 15 is 0 Å². The largest absolute Gasteiger partial charge is 0.315 e. The van der Waals surface area contributed by atoms with Gasteiger partial charge < -0.3 is 9.88 Å². The van der Waals surface area contributed by atoms with Crippen LogP contribution in [0, 0.1) is 0 Å². The van der Waals surface area contributed by atoms with Crippen molar-refractivity contribution in [3.63, 3.8) is 0 Å². The Morgan fingerprint density at radius 3 is 3.00 bits per heavy atom. The van der Waals surface area contributed by atoms with Crippen LogP contribution in [0.4, 0.5) is 0 Å². The molecule has 1 aliphatic heterocycles. The summed E-state index contributed by atoms with van der Waals surface area (Å²) >= 11 is 0. The predicted octanol–water partition coefficient (Wildman–Crippen LogP) is 1.02. The van der Waals surface area contributed by atoms with Crippen molar-refractivity contribution < 1.29 is 0 Å². The Labute approximate surface area is 109 Å². The third-order valence-electron chi connectivity index (χ3n) is 4.18. The molecule has 100 valence electrons. The van der Waals surface area contributed by atoms with E-state index in [1.165, 1.54) is 32.1 Å². The zero-order valence-electron chi connectivity index (χ0n) is 11.0. The summed E-state index contributed by atoms with van der Waals surface area (Å²) in [5.41, 5.74) is 0. The Kier molecular flexibility index (Phi) is 3.90. The molecule has 1 saturated carbocycles. The minimum absolute atomic E-state index is 0.771. The van der Waals surface area contributed by atoms with Crippen molar-refractivity contribution in [1.29, 1.82) is 0 Å². The molecule has 1 fully saturated rings. The van der Waals surface area contributed by atoms with Gasteiger partial charge in [-0.1, -0.05) is 19.3 Å². The SMILES string of the molecule is c1nnc2n1CCN(CCNC1CCCCC1)C2. The minimum atomic E-state index is 0.771. The van der Waals surface area contributed by atoms with Crippen LogP contribution < -0.4 is 5.32 Å². The summed E-state index contributed by atoms with van der Waals surface area (Å²) in [5.74, 6) is 1.11. The van der Waals surface area contributed by atoms with Crippen LogP contribution in [0.3, 0.4) is 0 Å². The number of fused-ring (bicyclic) bond motifs is 1. The van der Waals surface area contributed by atoms with Crippen LogP contribution in [-0.4, -0.2) is 45.3 Å². The maximum absolute atomic E-state index is 4.16. The summed E-state index contributed by atoms with van der Waals surface area (Å²) in [7, 11) is 0. The third-order valence-corrected chi connectivity index (χ3v) is 4.18. The van der Waals surface area contributed by atoms with E-state index in [0.29, 0.717) is 0 Å². The summed E-state index contributed by atoms with van der Waals surface area (Å²) in [6.45, 7) is 5.34. The fourth-order valence-corrected chi connectivity index (χ4v) is 3.04. The van der Waals surface area contributed by atoms with E-state index in [2.05, 4.69) is 25.0 Å². The number of aromatic nitrogens is 3. The van der Waals surface area contributed by atoms with Gasteiger partial charge in [-0.3, -0.25) is 4.90 Å². The first kappa shape index (κ1) is 12.1. The van der Waals surface area contributed by atoms with E-state index in [1.807, 2.05) is 6.33 Å². The number of rotatable bonds is 4. The molecular weight excluding hydrogens is 226 g/mol. The van der Waals surface area contributed by atoms with Crippen LogP contribution in [0.2, 0.25) is 0 Å². The highest BCUT2D eigenvalue weighted by Gasteiger charge is 2.17. The summed E-state index contributed by atoms with van der Waals surface area (Å²) in [5, 5.41) is 11.8. The monoisotopic (exact) mass is 249 g/mol. The van der Waals surface area contributed by atoms with E-state index in [1.54, 1.807) is 0 Å². The van der Waals surface area contributed by atoms with Crippen LogP contribution >= 0.6 is 0 Å². The van der Waals surface area contributed by atoms with Gasteiger partial charge in [-0.15, -0.1) is 10.2 Å². The summed E-state index contributed by atoms with van der Waals surface area (Å²) in [6, 6.07) is 0.771. The van der Waals surface area contributed by atoms with Crippen LogP contribution in [0.1, 0.15) is 37.9 Å². The molecule has 0 saturated heterocycles. The Morgan fingerprint density at radius 1 is 1.22 bits per heavy atom. The van der Waals surface area contributed by atoms with Crippen molar-refractivity contribution in [2.75, 3.05) is 19.6 Å². The quantitative estimate of drug-likeness (QED) is 0.865. The molecule has 2 aliphatic rings. The predicted molar refractivity (Wildman–Crippen MR) is 70.2 cm³/mol. The average Bonchev–Trinajstić information content (AvgIpc) is 2.87. The van der Waals surface area contributed by atoms with Gasteiger partial charge in [-0.2, -0.15) is 0 Å². The molecule has 0 aromatic carbocycles. The first-order valence-electron chi connectivity index (χ1n) is 7.24. The number of hydrogen-bond acceptors (Lipinski definition) is 4. The van der Waals surface area contributed by atoms with Gasteiger partial charge in [-0.05, 0) is 12.8 Å². The van der Waals surface area contributed by atoms with Crippen molar-refractivity contribution >= 4 is 0 Å². The van der Waals surface area contributed by atoms with E-state index in [9.17, 15) is 0 Å². The van der Waals surface area contributed by atoms with Crippen LogP contribution in [0.15, 0.2) is 6.33 Å². The Morgan fingerprint density at radius 2 is 2.11 bits per heavy atom. The van der Waals surface area contributed by atoms with Gasteiger partial charge in [0.15, 0.2) is 0 Å². The maximum atomic E-state index is 4.16. The third kappa shape index (κ3) is 2.90. The Hall–Kier alpha value is -0.940. The van der Waals surface area contributed by atoms with Crippen molar-refractivity contribution in [3.8, 4) is 0 Å². The second-order valence-electron chi connectivity index (χ2n) is 5.51. The van der Waals surface area contributed by atoms with E-state index < -0.39 is 0 Å². The average molecular weight is 249 g/mol. The molecule has 1 aliphatic carbocycles. The Balaban J connectivity index is 1.39. The first-order valence-corrected chi connectivity index (χ1v) is 7.24. The van der Waals surface area contributed by atoms with Crippen LogP contribution in [0.25, 0.3) is 0 Å². The van der Waals surface area contributed by atoms with Crippen molar-refractivity contribution in [3.05, 3.63) is 12.2 Å². The summed E-state index contributed by atoms with van der Waals surface area (Å²) in [4.78, 5) is 2.47. The van der Waals surface area contributed by atoms with Crippen LogP contribution in [0.5, 0.6) is 0 Å². The lowest BCUT2D eigenvalue weighted by Crippen LogP contribution is -2.41. The summed E-state index contributed by atoms with van der Waals surface area (Å²) in [6.07, 6.45) is 8.82. The molecule has 1 aromatic heterocycles. The molecule has 0 atom stereocenters. The molecular formula is C13H23N5. The number of nitrogens with zero attached hydrogens (tertiary/aromatic N) is 4.